The zero-order valence-corrected chi connectivity index (χ0v) is 19.3. The molecule has 0 aliphatic heterocycles. The molecule has 0 atom stereocenters. The predicted molar refractivity (Wildman–Crippen MR) is 131 cm³/mol. The fraction of sp³-hybridized carbons (Fsp3) is 0.125. The molecule has 0 aliphatic rings. The van der Waals surface area contributed by atoms with Gasteiger partial charge in [-0.3, -0.25) is 9.59 Å². The zero-order valence-electron chi connectivity index (χ0n) is 17.6. The molecule has 9 heteroatoms. The summed E-state index contributed by atoms with van der Waals surface area (Å²) in [5.74, 6) is 0.130. The van der Waals surface area contributed by atoms with E-state index in [1.54, 1.807) is 30.3 Å². The maximum Gasteiger partial charge on any atom is 0.255 e. The first-order valence-corrected chi connectivity index (χ1v) is 11.9. The van der Waals surface area contributed by atoms with Crippen molar-refractivity contribution < 1.29 is 18.7 Å². The molecule has 4 rings (SSSR count). The van der Waals surface area contributed by atoms with Crippen LogP contribution in [0, 0.1) is 5.82 Å². The number of hydrogen-bond donors (Lipinski definition) is 2. The first kappa shape index (κ1) is 22.8. The highest BCUT2D eigenvalue weighted by molar-refractivity contribution is 8.01. The lowest BCUT2D eigenvalue weighted by Gasteiger charge is -2.07. The molecule has 6 nitrogen and oxygen atoms in total. The minimum Gasteiger partial charge on any atom is -0.494 e. The van der Waals surface area contributed by atoms with Gasteiger partial charge in [0.25, 0.3) is 5.91 Å². The minimum atomic E-state index is -0.355. The summed E-state index contributed by atoms with van der Waals surface area (Å²) in [5.41, 5.74) is 2.53. The third-order valence-corrected chi connectivity index (χ3v) is 6.67. The number of nitrogens with one attached hydrogen (secondary N) is 2. The smallest absolute Gasteiger partial charge is 0.255 e. The van der Waals surface area contributed by atoms with Crippen molar-refractivity contribution in [3.63, 3.8) is 0 Å². The summed E-state index contributed by atoms with van der Waals surface area (Å²) in [6.07, 6.45) is 0. The number of carbonyl (C=O) groups excluding carboxylic acids is 2. The molecule has 1 heterocycles. The van der Waals surface area contributed by atoms with Crippen molar-refractivity contribution in [3.05, 3.63) is 78.1 Å². The zero-order chi connectivity index (χ0) is 23.2. The van der Waals surface area contributed by atoms with Crippen LogP contribution in [0.4, 0.5) is 15.8 Å². The number of aromatic nitrogens is 1. The third-order valence-electron chi connectivity index (χ3n) is 4.51. The molecule has 0 unspecified atom stereocenters. The molecule has 0 spiro atoms. The number of ether oxygens (including phenoxy) is 1. The van der Waals surface area contributed by atoms with Crippen LogP contribution in [0.5, 0.6) is 5.75 Å². The van der Waals surface area contributed by atoms with Gasteiger partial charge in [0.05, 0.1) is 22.6 Å². The highest BCUT2D eigenvalue weighted by atomic mass is 32.2. The highest BCUT2D eigenvalue weighted by Gasteiger charge is 2.11. The van der Waals surface area contributed by atoms with Crippen molar-refractivity contribution in [1.82, 2.24) is 4.98 Å². The maximum absolute atomic E-state index is 13.0. The quantitative estimate of drug-likeness (QED) is 0.310. The molecule has 4 aromatic rings. The fourth-order valence-electron chi connectivity index (χ4n) is 2.97. The number of rotatable bonds is 8. The lowest BCUT2D eigenvalue weighted by Crippen LogP contribution is -2.13. The number of thioether (sulfide) groups is 1. The van der Waals surface area contributed by atoms with Crippen LogP contribution < -0.4 is 15.4 Å². The standard InChI is InChI=1S/C24H20FN3O3S2/c1-2-31-19-10-3-15(4-11-19)23(30)27-18-9-12-20-21(13-18)33-24(28-20)32-14-22(29)26-17-7-5-16(25)6-8-17/h3-13H,2,14H2,1H3,(H,26,29)(H,27,30). The summed E-state index contributed by atoms with van der Waals surface area (Å²) < 4.78 is 20.0. The number of benzene rings is 3. The predicted octanol–water partition coefficient (Wildman–Crippen LogP) is 5.82. The lowest BCUT2D eigenvalue weighted by molar-refractivity contribution is -0.113. The number of amides is 2. The molecule has 33 heavy (non-hydrogen) atoms. The molecule has 2 N–H and O–H groups in total. The van der Waals surface area contributed by atoms with Crippen molar-refractivity contribution >= 4 is 56.5 Å². The number of halogens is 1. The SMILES string of the molecule is CCOc1ccc(C(=O)Nc2ccc3nc(SCC(=O)Nc4ccc(F)cc4)sc3c2)cc1. The van der Waals surface area contributed by atoms with Gasteiger partial charge in [-0.15, -0.1) is 11.3 Å². The van der Waals surface area contributed by atoms with E-state index in [0.717, 1.165) is 20.3 Å². The van der Waals surface area contributed by atoms with Gasteiger partial charge in [0.15, 0.2) is 4.34 Å². The normalized spacial score (nSPS) is 10.7. The van der Waals surface area contributed by atoms with E-state index < -0.39 is 0 Å². The van der Waals surface area contributed by atoms with E-state index in [4.69, 9.17) is 4.74 Å². The summed E-state index contributed by atoms with van der Waals surface area (Å²) in [6, 6.07) is 18.1. The summed E-state index contributed by atoms with van der Waals surface area (Å²) >= 11 is 2.77. The van der Waals surface area contributed by atoms with E-state index in [1.165, 1.54) is 47.4 Å². The van der Waals surface area contributed by atoms with Crippen LogP contribution in [-0.2, 0) is 4.79 Å². The first-order valence-electron chi connectivity index (χ1n) is 10.1. The average Bonchev–Trinajstić information content (AvgIpc) is 3.22. The van der Waals surface area contributed by atoms with Gasteiger partial charge in [-0.05, 0) is 73.7 Å². The summed E-state index contributed by atoms with van der Waals surface area (Å²) in [6.45, 7) is 2.47. The Bertz CT molecular complexity index is 1270. The van der Waals surface area contributed by atoms with Gasteiger partial charge >= 0.3 is 0 Å². The second-order valence-corrected chi connectivity index (χ2v) is 9.17. The van der Waals surface area contributed by atoms with Crippen molar-refractivity contribution in [2.24, 2.45) is 0 Å². The molecule has 0 saturated carbocycles. The Kier molecular flexibility index (Phi) is 7.21. The van der Waals surface area contributed by atoms with E-state index in [9.17, 15) is 14.0 Å². The molecular weight excluding hydrogens is 461 g/mol. The topological polar surface area (TPSA) is 80.3 Å². The molecule has 0 radical (unpaired) electrons. The van der Waals surface area contributed by atoms with Crippen molar-refractivity contribution in [3.8, 4) is 5.75 Å². The Morgan fingerprint density at radius 3 is 2.45 bits per heavy atom. The molecule has 0 fully saturated rings. The van der Waals surface area contributed by atoms with Crippen molar-refractivity contribution in [2.45, 2.75) is 11.3 Å². The second-order valence-electron chi connectivity index (χ2n) is 6.92. The number of carbonyl (C=O) groups is 2. The Hall–Kier alpha value is -3.43. The summed E-state index contributed by atoms with van der Waals surface area (Å²) in [7, 11) is 0. The number of thiazole rings is 1. The van der Waals surface area contributed by atoms with E-state index in [1.807, 2.05) is 19.1 Å². The van der Waals surface area contributed by atoms with Crippen molar-refractivity contribution in [2.75, 3.05) is 23.0 Å². The van der Waals surface area contributed by atoms with Gasteiger partial charge in [-0.2, -0.15) is 0 Å². The molecular formula is C24H20FN3O3S2. The largest absolute Gasteiger partial charge is 0.494 e. The molecule has 2 amide bonds. The van der Waals surface area contributed by atoms with Gasteiger partial charge in [0.1, 0.15) is 11.6 Å². The minimum absolute atomic E-state index is 0.179. The third kappa shape index (κ3) is 6.09. The molecule has 1 aromatic heterocycles. The number of nitrogens with zero attached hydrogens (tertiary/aromatic N) is 1. The highest BCUT2D eigenvalue weighted by Crippen LogP contribution is 2.31. The van der Waals surface area contributed by atoms with Crippen LogP contribution in [0.25, 0.3) is 10.2 Å². The Balaban J connectivity index is 1.36. The van der Waals surface area contributed by atoms with Crippen LogP contribution in [0.2, 0.25) is 0 Å². The Morgan fingerprint density at radius 2 is 1.73 bits per heavy atom. The maximum atomic E-state index is 13.0. The molecule has 0 bridgehead atoms. The van der Waals surface area contributed by atoms with E-state index in [0.29, 0.717) is 23.5 Å². The van der Waals surface area contributed by atoms with Gasteiger partial charge in [-0.1, -0.05) is 11.8 Å². The second kappa shape index (κ2) is 10.5. The average molecular weight is 482 g/mol. The molecule has 168 valence electrons. The molecule has 0 saturated heterocycles. The number of hydrogen-bond acceptors (Lipinski definition) is 6. The molecule has 3 aromatic carbocycles. The number of fused-ring (bicyclic) bond motifs is 1. The fourth-order valence-corrected chi connectivity index (χ4v) is 4.88. The number of anilines is 2. The van der Waals surface area contributed by atoms with Gasteiger partial charge in [0.2, 0.25) is 5.91 Å². The van der Waals surface area contributed by atoms with Gasteiger partial charge in [-0.25, -0.2) is 9.37 Å². The lowest BCUT2D eigenvalue weighted by atomic mass is 10.2. The summed E-state index contributed by atoms with van der Waals surface area (Å²) in [4.78, 5) is 29.2. The van der Waals surface area contributed by atoms with Crippen molar-refractivity contribution in [1.29, 1.82) is 0 Å². The summed E-state index contributed by atoms with van der Waals surface area (Å²) in [5, 5.41) is 5.62. The van der Waals surface area contributed by atoms with Crippen LogP contribution in [0.15, 0.2) is 71.1 Å². The van der Waals surface area contributed by atoms with Crippen LogP contribution >= 0.6 is 23.1 Å². The van der Waals surface area contributed by atoms with Crippen LogP contribution in [0.1, 0.15) is 17.3 Å². The van der Waals surface area contributed by atoms with Gasteiger partial charge < -0.3 is 15.4 Å². The monoisotopic (exact) mass is 481 g/mol. The van der Waals surface area contributed by atoms with Crippen LogP contribution in [-0.4, -0.2) is 29.2 Å². The van der Waals surface area contributed by atoms with E-state index >= 15 is 0 Å². The molecule has 0 aliphatic carbocycles. The van der Waals surface area contributed by atoms with Crippen LogP contribution in [0.3, 0.4) is 0 Å². The Morgan fingerprint density at radius 1 is 1.00 bits per heavy atom. The Labute approximate surface area is 198 Å². The van der Waals surface area contributed by atoms with E-state index in [2.05, 4.69) is 15.6 Å². The van der Waals surface area contributed by atoms with E-state index in [-0.39, 0.29) is 23.4 Å². The first-order chi connectivity index (χ1) is 16.0. The van der Waals surface area contributed by atoms with Gasteiger partial charge in [0, 0.05) is 16.9 Å².